The number of fused-ring (bicyclic) bond motifs is 7. The van der Waals surface area contributed by atoms with Crippen molar-refractivity contribution in [3.63, 3.8) is 0 Å². The third-order valence-corrected chi connectivity index (χ3v) is 11.8. The zero-order chi connectivity index (χ0) is 39.1. The zero-order valence-corrected chi connectivity index (χ0v) is 32.5. The molecule has 59 heavy (non-hydrogen) atoms. The molecule has 0 bridgehead atoms. The molecule has 1 nitrogen and oxygen atoms in total. The van der Waals surface area contributed by atoms with Gasteiger partial charge >= 0.3 is 0 Å². The Bertz CT molecular complexity index is 3290. The fraction of sp³-hybridized carbons (Fsp3) is 0. The molecule has 11 aromatic rings. The van der Waals surface area contributed by atoms with Gasteiger partial charge in [-0.1, -0.05) is 200 Å². The summed E-state index contributed by atoms with van der Waals surface area (Å²) in [5.41, 5.74) is 12.9. The smallest absolute Gasteiger partial charge is 0.0467 e. The number of benzene rings is 11. The molecule has 0 aliphatic carbocycles. The van der Waals surface area contributed by atoms with E-state index in [-0.39, 0.29) is 0 Å². The van der Waals surface area contributed by atoms with E-state index in [2.05, 4.69) is 241 Å². The van der Waals surface area contributed by atoms with Crippen LogP contribution in [0.4, 0.5) is 17.1 Å². The van der Waals surface area contributed by atoms with E-state index in [1.165, 1.54) is 87.6 Å². The average Bonchev–Trinajstić information content (AvgIpc) is 3.32. The van der Waals surface area contributed by atoms with E-state index >= 15 is 0 Å². The largest absolute Gasteiger partial charge is 0.310 e. The van der Waals surface area contributed by atoms with Crippen LogP contribution in [0.3, 0.4) is 0 Å². The van der Waals surface area contributed by atoms with Gasteiger partial charge in [0, 0.05) is 17.1 Å². The second-order valence-corrected chi connectivity index (χ2v) is 15.3. The molecule has 11 aromatic carbocycles. The van der Waals surface area contributed by atoms with Crippen LogP contribution in [-0.4, -0.2) is 0 Å². The predicted octanol–water partition coefficient (Wildman–Crippen LogP) is 16.4. The fourth-order valence-corrected chi connectivity index (χ4v) is 9.02. The summed E-state index contributed by atoms with van der Waals surface area (Å²) in [5, 5.41) is 10.3. The predicted molar refractivity (Wildman–Crippen MR) is 253 cm³/mol. The Morgan fingerprint density at radius 1 is 0.220 bits per heavy atom. The summed E-state index contributed by atoms with van der Waals surface area (Å²) in [6.45, 7) is 0. The van der Waals surface area contributed by atoms with Gasteiger partial charge in [0.15, 0.2) is 0 Å². The highest BCUT2D eigenvalue weighted by Crippen LogP contribution is 2.42. The fourth-order valence-electron chi connectivity index (χ4n) is 9.02. The molecule has 0 fully saturated rings. The number of hydrogen-bond acceptors (Lipinski definition) is 1. The summed E-state index contributed by atoms with van der Waals surface area (Å²) >= 11 is 0. The van der Waals surface area contributed by atoms with E-state index in [0.717, 1.165) is 17.1 Å². The molecule has 0 aliphatic heterocycles. The number of hydrogen-bond donors (Lipinski definition) is 0. The molecular formula is C58H39N. The van der Waals surface area contributed by atoms with Gasteiger partial charge in [-0.3, -0.25) is 0 Å². The van der Waals surface area contributed by atoms with Crippen molar-refractivity contribution in [1.82, 2.24) is 0 Å². The topological polar surface area (TPSA) is 3.24 Å². The lowest BCUT2D eigenvalue weighted by molar-refractivity contribution is 1.28. The summed E-state index contributed by atoms with van der Waals surface area (Å²) in [6.07, 6.45) is 0. The van der Waals surface area contributed by atoms with E-state index < -0.39 is 0 Å². The molecule has 0 atom stereocenters. The molecule has 0 spiro atoms. The highest BCUT2D eigenvalue weighted by atomic mass is 15.1. The second kappa shape index (κ2) is 14.6. The van der Waals surface area contributed by atoms with E-state index in [0.29, 0.717) is 0 Å². The average molecular weight is 750 g/mol. The van der Waals surface area contributed by atoms with Crippen molar-refractivity contribution in [1.29, 1.82) is 0 Å². The molecular weight excluding hydrogens is 711 g/mol. The highest BCUT2D eigenvalue weighted by molar-refractivity contribution is 6.28. The van der Waals surface area contributed by atoms with Crippen molar-refractivity contribution in [3.05, 3.63) is 237 Å². The van der Waals surface area contributed by atoms with Gasteiger partial charge in [-0.25, -0.2) is 0 Å². The maximum atomic E-state index is 2.38. The lowest BCUT2D eigenvalue weighted by atomic mass is 9.90. The van der Waals surface area contributed by atoms with Crippen LogP contribution in [0.2, 0.25) is 0 Å². The summed E-state index contributed by atoms with van der Waals surface area (Å²) in [4.78, 5) is 2.38. The highest BCUT2D eigenvalue weighted by Gasteiger charge is 2.17. The standard InChI is InChI=1S/C58H39N/c1-3-13-40(14-4-1)41-29-34-48(35-30-41)59(50-19-11-18-47(39-50)53-21-10-9-20-51(53)42-15-5-2-6-16-42)49-36-31-44(32-37-49)52-23-12-24-56-55(52)38-33-46-28-27-45-26-25-43-17-7-8-22-54(43)57(45)58(46)56/h1-39H. The molecule has 11 rings (SSSR count). The first-order chi connectivity index (χ1) is 29.3. The molecule has 0 saturated carbocycles. The molecule has 0 heterocycles. The molecule has 0 N–H and O–H groups in total. The summed E-state index contributed by atoms with van der Waals surface area (Å²) < 4.78 is 0. The van der Waals surface area contributed by atoms with Gasteiger partial charge in [-0.15, -0.1) is 0 Å². The van der Waals surface area contributed by atoms with Gasteiger partial charge in [0.25, 0.3) is 0 Å². The normalized spacial score (nSPS) is 11.4. The van der Waals surface area contributed by atoms with Crippen LogP contribution >= 0.6 is 0 Å². The summed E-state index contributed by atoms with van der Waals surface area (Å²) in [7, 11) is 0. The van der Waals surface area contributed by atoms with E-state index in [1.807, 2.05) is 0 Å². The summed E-state index contributed by atoms with van der Waals surface area (Å²) in [6, 6.07) is 86.1. The monoisotopic (exact) mass is 749 g/mol. The van der Waals surface area contributed by atoms with Crippen molar-refractivity contribution < 1.29 is 0 Å². The van der Waals surface area contributed by atoms with Crippen LogP contribution in [0.1, 0.15) is 0 Å². The first kappa shape index (κ1) is 34.5. The van der Waals surface area contributed by atoms with Crippen molar-refractivity contribution in [2.24, 2.45) is 0 Å². The lowest BCUT2D eigenvalue weighted by Gasteiger charge is -2.27. The van der Waals surface area contributed by atoms with E-state index in [4.69, 9.17) is 0 Å². The van der Waals surface area contributed by atoms with E-state index in [9.17, 15) is 0 Å². The van der Waals surface area contributed by atoms with Gasteiger partial charge in [-0.2, -0.15) is 0 Å². The van der Waals surface area contributed by atoms with E-state index in [1.54, 1.807) is 0 Å². The Labute approximate surface area is 344 Å². The number of rotatable bonds is 7. The van der Waals surface area contributed by atoms with Crippen LogP contribution in [-0.2, 0) is 0 Å². The van der Waals surface area contributed by atoms with Gasteiger partial charge in [0.1, 0.15) is 0 Å². The quantitative estimate of drug-likeness (QED) is 0.147. The Hall–Kier alpha value is -7.74. The van der Waals surface area contributed by atoms with Gasteiger partial charge in [0.05, 0.1) is 0 Å². The Kier molecular flexibility index (Phi) is 8.56. The number of nitrogens with zero attached hydrogens (tertiary/aromatic N) is 1. The molecule has 276 valence electrons. The molecule has 0 saturated heterocycles. The Morgan fingerprint density at radius 2 is 0.678 bits per heavy atom. The zero-order valence-electron chi connectivity index (χ0n) is 32.5. The van der Waals surface area contributed by atoms with Crippen molar-refractivity contribution in [2.75, 3.05) is 4.90 Å². The molecule has 0 amide bonds. The minimum Gasteiger partial charge on any atom is -0.310 e. The molecule has 0 unspecified atom stereocenters. The first-order valence-corrected chi connectivity index (χ1v) is 20.3. The van der Waals surface area contributed by atoms with Gasteiger partial charge < -0.3 is 4.90 Å². The third-order valence-electron chi connectivity index (χ3n) is 11.8. The second-order valence-electron chi connectivity index (χ2n) is 15.3. The minimum atomic E-state index is 1.10. The summed E-state index contributed by atoms with van der Waals surface area (Å²) in [5.74, 6) is 0. The van der Waals surface area contributed by atoms with Crippen LogP contribution < -0.4 is 4.90 Å². The Balaban J connectivity index is 1.04. The van der Waals surface area contributed by atoms with Crippen molar-refractivity contribution in [2.45, 2.75) is 0 Å². The van der Waals surface area contributed by atoms with Crippen LogP contribution in [0, 0.1) is 0 Å². The molecule has 0 radical (unpaired) electrons. The van der Waals surface area contributed by atoms with Crippen molar-refractivity contribution >= 4 is 60.2 Å². The first-order valence-electron chi connectivity index (χ1n) is 20.3. The van der Waals surface area contributed by atoms with Gasteiger partial charge in [0.2, 0.25) is 0 Å². The third kappa shape index (κ3) is 6.21. The maximum absolute atomic E-state index is 2.38. The maximum Gasteiger partial charge on any atom is 0.0467 e. The van der Waals surface area contributed by atoms with Crippen LogP contribution in [0.15, 0.2) is 237 Å². The van der Waals surface area contributed by atoms with Gasteiger partial charge in [-0.05, 0) is 124 Å². The molecule has 0 aromatic heterocycles. The molecule has 0 aliphatic rings. The number of anilines is 3. The SMILES string of the molecule is c1ccc(-c2ccc(N(c3ccc(-c4cccc5c4ccc4ccc6ccc7ccccc7c6c45)cc3)c3cccc(-c4ccccc4-c4ccccc4)c3)cc2)cc1. The van der Waals surface area contributed by atoms with Crippen LogP contribution in [0.25, 0.3) is 87.6 Å². The Morgan fingerprint density at radius 3 is 1.39 bits per heavy atom. The lowest BCUT2D eigenvalue weighted by Crippen LogP contribution is -2.10. The minimum absolute atomic E-state index is 1.10. The van der Waals surface area contributed by atoms with Crippen LogP contribution in [0.5, 0.6) is 0 Å². The van der Waals surface area contributed by atoms with Crippen molar-refractivity contribution in [3.8, 4) is 44.5 Å². The molecule has 1 heteroatoms.